The van der Waals surface area contributed by atoms with Crippen molar-refractivity contribution in [1.82, 2.24) is 4.90 Å². The fourth-order valence-corrected chi connectivity index (χ4v) is 2.68. The standard InChI is InChI=1S/C14H15F8NO3S/c1-3-23(12(24)13(25)26-8-14(15,16)17)7-10-4-5-11(6-9(10)2)27(18,19,20,21)22/h4-6H,3,7-8H2,1-2H3. The highest BCUT2D eigenvalue weighted by Crippen LogP contribution is 3.02. The zero-order valence-electron chi connectivity index (χ0n) is 14.0. The molecule has 0 atom stereocenters. The molecular formula is C14H15F8NO3S. The van der Waals surface area contributed by atoms with Crippen LogP contribution in [-0.4, -0.2) is 36.1 Å². The number of alkyl halides is 3. The largest absolute Gasteiger partial charge is 0.449 e. The number of nitrogens with zero attached hydrogens (tertiary/aromatic N) is 1. The van der Waals surface area contributed by atoms with Crippen LogP contribution in [0.5, 0.6) is 0 Å². The highest BCUT2D eigenvalue weighted by Gasteiger charge is 2.65. The van der Waals surface area contributed by atoms with E-state index in [0.717, 1.165) is 6.92 Å². The number of carbonyl (C=O) groups excluding carboxylic acids is 2. The van der Waals surface area contributed by atoms with Crippen LogP contribution >= 0.6 is 10.2 Å². The Labute approximate surface area is 148 Å². The first kappa shape index (κ1) is 23.0. The van der Waals surface area contributed by atoms with Crippen LogP contribution in [0.15, 0.2) is 23.1 Å². The molecule has 1 amide bonds. The summed E-state index contributed by atoms with van der Waals surface area (Å²) in [6.07, 6.45) is -4.84. The number of ether oxygens (including phenoxy) is 1. The van der Waals surface area contributed by atoms with Crippen LogP contribution in [0.1, 0.15) is 18.1 Å². The van der Waals surface area contributed by atoms with E-state index < -0.39 is 46.3 Å². The lowest BCUT2D eigenvalue weighted by Gasteiger charge is -2.40. The summed E-state index contributed by atoms with van der Waals surface area (Å²) in [5.41, 5.74) is -0.241. The van der Waals surface area contributed by atoms with E-state index in [1.165, 1.54) is 6.92 Å². The van der Waals surface area contributed by atoms with Crippen LogP contribution in [0, 0.1) is 6.92 Å². The van der Waals surface area contributed by atoms with Gasteiger partial charge in [-0.1, -0.05) is 25.5 Å². The number of likely N-dealkylation sites (N-methyl/N-ethyl adjacent to an activating group) is 1. The summed E-state index contributed by atoms with van der Waals surface area (Å²) in [6.45, 7) is -0.214. The highest BCUT2D eigenvalue weighted by atomic mass is 32.5. The summed E-state index contributed by atoms with van der Waals surface area (Å²) in [5.74, 6) is -3.24. The Kier molecular flexibility index (Phi) is 5.56. The summed E-state index contributed by atoms with van der Waals surface area (Å²) < 4.78 is 104. The second kappa shape index (κ2) is 6.53. The zero-order valence-corrected chi connectivity index (χ0v) is 14.8. The van der Waals surface area contributed by atoms with Crippen LogP contribution in [-0.2, 0) is 20.9 Å². The van der Waals surface area contributed by atoms with E-state index in [-0.39, 0.29) is 29.8 Å². The smallest absolute Gasteiger partial charge is 0.422 e. The zero-order chi connectivity index (χ0) is 21.3. The van der Waals surface area contributed by atoms with E-state index in [0.29, 0.717) is 11.0 Å². The Morgan fingerprint density at radius 2 is 1.67 bits per heavy atom. The molecule has 1 aromatic rings. The van der Waals surface area contributed by atoms with E-state index in [1.54, 1.807) is 0 Å². The van der Waals surface area contributed by atoms with E-state index in [1.807, 2.05) is 0 Å². The van der Waals surface area contributed by atoms with Crippen LogP contribution in [0.25, 0.3) is 0 Å². The van der Waals surface area contributed by atoms with Crippen molar-refractivity contribution >= 4 is 22.1 Å². The average Bonchev–Trinajstić information content (AvgIpc) is 2.47. The van der Waals surface area contributed by atoms with E-state index >= 15 is 0 Å². The Hall–Kier alpha value is -2.05. The van der Waals surface area contributed by atoms with Gasteiger partial charge >= 0.3 is 28.3 Å². The minimum absolute atomic E-state index is 0.000536. The van der Waals surface area contributed by atoms with Gasteiger partial charge in [0, 0.05) is 13.1 Å². The van der Waals surface area contributed by atoms with Gasteiger partial charge in [-0.05, 0) is 37.1 Å². The predicted octanol–water partition coefficient (Wildman–Crippen LogP) is 5.11. The quantitative estimate of drug-likeness (QED) is 0.372. The average molecular weight is 429 g/mol. The molecule has 156 valence electrons. The van der Waals surface area contributed by atoms with Gasteiger partial charge in [-0.15, -0.1) is 0 Å². The van der Waals surface area contributed by atoms with Crippen LogP contribution in [0.3, 0.4) is 0 Å². The molecule has 0 heterocycles. The Morgan fingerprint density at radius 1 is 1.11 bits per heavy atom. The molecule has 0 fully saturated rings. The minimum Gasteiger partial charge on any atom is -0.449 e. The van der Waals surface area contributed by atoms with E-state index in [2.05, 4.69) is 4.74 Å². The third-order valence-electron chi connectivity index (χ3n) is 3.33. The van der Waals surface area contributed by atoms with Gasteiger partial charge < -0.3 is 9.64 Å². The number of benzene rings is 1. The maximum Gasteiger partial charge on any atom is 0.422 e. The van der Waals surface area contributed by atoms with Gasteiger partial charge in [-0.25, -0.2) is 4.79 Å². The van der Waals surface area contributed by atoms with Gasteiger partial charge in [-0.2, -0.15) is 13.2 Å². The first-order valence-electron chi connectivity index (χ1n) is 7.20. The van der Waals surface area contributed by atoms with Crippen molar-refractivity contribution in [3.8, 4) is 0 Å². The van der Waals surface area contributed by atoms with Crippen LogP contribution in [0.2, 0.25) is 0 Å². The molecule has 0 aliphatic rings. The molecule has 0 radical (unpaired) electrons. The second-order valence-electron chi connectivity index (χ2n) is 5.57. The first-order valence-corrected chi connectivity index (χ1v) is 9.15. The fraction of sp³-hybridized carbons (Fsp3) is 0.429. The Bertz CT molecular complexity index is 745. The van der Waals surface area contributed by atoms with Gasteiger partial charge in [0.2, 0.25) is 0 Å². The topological polar surface area (TPSA) is 46.6 Å². The molecule has 0 aliphatic heterocycles. The lowest BCUT2D eigenvalue weighted by atomic mass is 10.1. The highest BCUT2D eigenvalue weighted by molar-refractivity contribution is 8.45. The number of hydrogen-bond donors (Lipinski definition) is 0. The predicted molar refractivity (Wildman–Crippen MR) is 80.7 cm³/mol. The number of rotatable bonds is 5. The monoisotopic (exact) mass is 429 g/mol. The van der Waals surface area contributed by atoms with Crippen molar-refractivity contribution < 1.29 is 46.9 Å². The van der Waals surface area contributed by atoms with Gasteiger partial charge in [-0.3, -0.25) is 4.79 Å². The third kappa shape index (κ3) is 6.88. The molecule has 0 bridgehead atoms. The van der Waals surface area contributed by atoms with Gasteiger partial charge in [0.25, 0.3) is 0 Å². The Balaban J connectivity index is 2.99. The van der Waals surface area contributed by atoms with Crippen molar-refractivity contribution in [3.63, 3.8) is 0 Å². The SMILES string of the molecule is CCN(Cc1ccc(S(F)(F)(F)(F)F)cc1C)C(=O)C(=O)OCC(F)(F)F. The molecule has 0 aromatic heterocycles. The van der Waals surface area contributed by atoms with Crippen molar-refractivity contribution in [2.24, 2.45) is 0 Å². The summed E-state index contributed by atoms with van der Waals surface area (Å²) in [7, 11) is -9.88. The summed E-state index contributed by atoms with van der Waals surface area (Å²) in [4.78, 5) is 21.8. The molecule has 0 spiro atoms. The molecule has 13 heteroatoms. The second-order valence-corrected chi connectivity index (χ2v) is 7.98. The molecule has 0 aliphatic carbocycles. The van der Waals surface area contributed by atoms with E-state index in [4.69, 9.17) is 0 Å². The normalized spacial score (nSPS) is 14.9. The number of halogens is 8. The minimum atomic E-state index is -9.88. The summed E-state index contributed by atoms with van der Waals surface area (Å²) in [5, 5.41) is 0. The van der Waals surface area contributed by atoms with Crippen LogP contribution < -0.4 is 0 Å². The van der Waals surface area contributed by atoms with Crippen molar-refractivity contribution in [2.75, 3.05) is 13.2 Å². The van der Waals surface area contributed by atoms with Gasteiger partial charge in [0.05, 0.1) is 0 Å². The van der Waals surface area contributed by atoms with Crippen LogP contribution in [0.4, 0.5) is 32.6 Å². The van der Waals surface area contributed by atoms with Crippen molar-refractivity contribution in [1.29, 1.82) is 0 Å². The number of aryl methyl sites for hydroxylation is 1. The molecular weight excluding hydrogens is 414 g/mol. The number of amides is 1. The lowest BCUT2D eigenvalue weighted by Crippen LogP contribution is -2.38. The molecule has 0 unspecified atom stereocenters. The van der Waals surface area contributed by atoms with Gasteiger partial charge in [0.1, 0.15) is 4.90 Å². The number of hydrogen-bond acceptors (Lipinski definition) is 3. The Morgan fingerprint density at radius 3 is 2.07 bits per heavy atom. The fourth-order valence-electron chi connectivity index (χ4n) is 1.96. The molecule has 0 saturated heterocycles. The molecule has 1 aromatic carbocycles. The van der Waals surface area contributed by atoms with Gasteiger partial charge in [0.15, 0.2) is 6.61 Å². The maximum atomic E-state index is 12.8. The molecule has 1 rings (SSSR count). The summed E-state index contributed by atoms with van der Waals surface area (Å²) in [6, 6.07) is 1.06. The van der Waals surface area contributed by atoms with E-state index in [9.17, 15) is 42.2 Å². The van der Waals surface area contributed by atoms with Crippen molar-refractivity contribution in [2.45, 2.75) is 31.5 Å². The summed E-state index contributed by atoms with van der Waals surface area (Å²) >= 11 is 0. The molecule has 4 nitrogen and oxygen atoms in total. The lowest BCUT2D eigenvalue weighted by molar-refractivity contribution is -0.189. The molecule has 0 N–H and O–H groups in total. The maximum absolute atomic E-state index is 12.8. The van der Waals surface area contributed by atoms with Crippen molar-refractivity contribution in [3.05, 3.63) is 29.3 Å². The molecule has 0 saturated carbocycles. The third-order valence-corrected chi connectivity index (χ3v) is 4.48. The first-order chi connectivity index (χ1) is 11.8. The molecule has 27 heavy (non-hydrogen) atoms. The number of esters is 1. The number of carbonyl (C=O) groups is 2.